The highest BCUT2D eigenvalue weighted by Gasteiger charge is 2.47. The smallest absolute Gasteiger partial charge is 0.324 e. The molecule has 2 fully saturated rings. The van der Waals surface area contributed by atoms with Crippen LogP contribution >= 0.6 is 11.6 Å². The molecule has 4 rings (SSSR count). The number of halogens is 1. The van der Waals surface area contributed by atoms with E-state index in [2.05, 4.69) is 20.4 Å². The first kappa shape index (κ1) is 24.2. The van der Waals surface area contributed by atoms with Gasteiger partial charge < -0.3 is 10.6 Å². The molecule has 2 aliphatic rings. The van der Waals surface area contributed by atoms with E-state index in [4.69, 9.17) is 11.6 Å². The van der Waals surface area contributed by atoms with Gasteiger partial charge in [-0.15, -0.1) is 0 Å². The van der Waals surface area contributed by atoms with Crippen LogP contribution in [0.3, 0.4) is 0 Å². The van der Waals surface area contributed by atoms with Crippen molar-refractivity contribution in [3.05, 3.63) is 65.2 Å². The van der Waals surface area contributed by atoms with E-state index in [1.54, 1.807) is 19.1 Å². The largest absolute Gasteiger partial charge is 0.326 e. The molecule has 9 heteroatoms. The molecular weight excluding hydrogens is 454 g/mol. The lowest BCUT2D eigenvalue weighted by atomic mass is 9.93. The van der Waals surface area contributed by atoms with Crippen molar-refractivity contribution in [2.75, 3.05) is 44.7 Å². The third-order valence-electron chi connectivity index (χ3n) is 6.42. The number of piperazine rings is 1. The average Bonchev–Trinajstić information content (AvgIpc) is 3.04. The third-order valence-corrected chi connectivity index (χ3v) is 6.75. The number of anilines is 1. The van der Waals surface area contributed by atoms with E-state index in [1.807, 2.05) is 42.5 Å². The number of rotatable bonds is 8. The highest BCUT2D eigenvalue weighted by Crippen LogP contribution is 2.24. The van der Waals surface area contributed by atoms with Crippen molar-refractivity contribution in [3.63, 3.8) is 0 Å². The minimum Gasteiger partial charge on any atom is -0.324 e. The van der Waals surface area contributed by atoms with Crippen molar-refractivity contribution >= 4 is 35.1 Å². The second kappa shape index (κ2) is 10.5. The van der Waals surface area contributed by atoms with Crippen molar-refractivity contribution < 1.29 is 14.4 Å². The number of imide groups is 1. The third kappa shape index (κ3) is 5.75. The average molecular weight is 484 g/mol. The van der Waals surface area contributed by atoms with Crippen LogP contribution in [0.4, 0.5) is 10.5 Å². The molecule has 0 radical (unpaired) electrons. The van der Waals surface area contributed by atoms with Gasteiger partial charge in [-0.3, -0.25) is 19.4 Å². The van der Waals surface area contributed by atoms with E-state index in [0.29, 0.717) is 49.7 Å². The van der Waals surface area contributed by atoms with Gasteiger partial charge in [-0.05, 0) is 37.5 Å². The minimum absolute atomic E-state index is 0.121. The van der Waals surface area contributed by atoms with Gasteiger partial charge in [0.05, 0.1) is 23.9 Å². The molecule has 2 heterocycles. The van der Waals surface area contributed by atoms with E-state index < -0.39 is 5.54 Å². The molecule has 8 nitrogen and oxygen atoms in total. The molecule has 0 aliphatic carbocycles. The lowest BCUT2D eigenvalue weighted by Gasteiger charge is -2.35. The molecule has 4 amide bonds. The van der Waals surface area contributed by atoms with Crippen molar-refractivity contribution in [1.29, 1.82) is 0 Å². The first-order valence-corrected chi connectivity index (χ1v) is 11.9. The van der Waals surface area contributed by atoms with Crippen molar-refractivity contribution in [1.82, 2.24) is 20.0 Å². The van der Waals surface area contributed by atoms with E-state index >= 15 is 0 Å². The molecule has 34 heavy (non-hydrogen) atoms. The lowest BCUT2D eigenvalue weighted by Crippen LogP contribution is -2.52. The molecule has 0 unspecified atom stereocenters. The van der Waals surface area contributed by atoms with Crippen molar-refractivity contribution in [2.24, 2.45) is 0 Å². The van der Waals surface area contributed by atoms with Gasteiger partial charge in [0.2, 0.25) is 5.91 Å². The zero-order chi connectivity index (χ0) is 24.1. The number of hydrogen-bond acceptors (Lipinski definition) is 5. The molecule has 2 aromatic rings. The van der Waals surface area contributed by atoms with Crippen LogP contribution in [0.2, 0.25) is 5.02 Å². The summed E-state index contributed by atoms with van der Waals surface area (Å²) in [5.74, 6) is -0.306. The summed E-state index contributed by atoms with van der Waals surface area (Å²) in [6, 6.07) is 16.7. The second-order valence-corrected chi connectivity index (χ2v) is 9.45. The number of benzene rings is 2. The first-order valence-electron chi connectivity index (χ1n) is 11.5. The van der Waals surface area contributed by atoms with Gasteiger partial charge in [-0.1, -0.05) is 54.1 Å². The van der Waals surface area contributed by atoms with Gasteiger partial charge in [0.15, 0.2) is 0 Å². The van der Waals surface area contributed by atoms with Crippen molar-refractivity contribution in [2.45, 2.75) is 25.3 Å². The Hall–Kier alpha value is -2.94. The molecular formula is C25H30ClN5O3. The Morgan fingerprint density at radius 2 is 1.65 bits per heavy atom. The van der Waals surface area contributed by atoms with Gasteiger partial charge >= 0.3 is 6.03 Å². The van der Waals surface area contributed by atoms with E-state index in [1.165, 1.54) is 4.90 Å². The predicted molar refractivity (Wildman–Crippen MR) is 132 cm³/mol. The van der Waals surface area contributed by atoms with Crippen LogP contribution in [0.5, 0.6) is 0 Å². The number of nitrogens with one attached hydrogen (secondary N) is 2. The normalized spacial score (nSPS) is 21.5. The van der Waals surface area contributed by atoms with Gasteiger partial charge in [-0.25, -0.2) is 9.69 Å². The van der Waals surface area contributed by atoms with Crippen LogP contribution in [-0.4, -0.2) is 77.5 Å². The SMILES string of the molecule is C[C@@]1(CCc2ccccc2)NC(=O)N(CN2CCN(CC(=O)Nc3ccccc3Cl)CC2)C1=O. The number of urea groups is 1. The summed E-state index contributed by atoms with van der Waals surface area (Å²) < 4.78 is 0. The number of aryl methyl sites for hydroxylation is 1. The predicted octanol–water partition coefficient (Wildman–Crippen LogP) is 2.80. The zero-order valence-corrected chi connectivity index (χ0v) is 20.1. The molecule has 1 atom stereocenters. The van der Waals surface area contributed by atoms with Crippen molar-refractivity contribution in [3.8, 4) is 0 Å². The van der Waals surface area contributed by atoms with Crippen LogP contribution in [0.15, 0.2) is 54.6 Å². The maximum Gasteiger partial charge on any atom is 0.326 e. The molecule has 2 N–H and O–H groups in total. The summed E-state index contributed by atoms with van der Waals surface area (Å²) in [5.41, 5.74) is 0.839. The molecule has 2 aromatic carbocycles. The quantitative estimate of drug-likeness (QED) is 0.564. The van der Waals surface area contributed by atoms with E-state index in [0.717, 1.165) is 5.56 Å². The monoisotopic (exact) mass is 483 g/mol. The van der Waals surface area contributed by atoms with Crippen LogP contribution in [0.25, 0.3) is 0 Å². The lowest BCUT2D eigenvalue weighted by molar-refractivity contribution is -0.132. The maximum absolute atomic E-state index is 13.1. The Kier molecular flexibility index (Phi) is 7.50. The number of carbonyl (C=O) groups excluding carboxylic acids is 3. The molecule has 0 spiro atoms. The molecule has 2 aliphatic heterocycles. The standard InChI is InChI=1S/C25H30ClN5O3/c1-25(12-11-19-7-3-2-4-8-19)23(33)31(24(34)28-25)18-30-15-13-29(14-16-30)17-22(32)27-21-10-6-5-9-20(21)26/h2-10H,11-18H2,1H3,(H,27,32)(H,28,34)/t25-/m0/s1. The molecule has 0 saturated carbocycles. The van der Waals surface area contributed by atoms with Gasteiger partial charge in [0, 0.05) is 26.2 Å². The molecule has 2 saturated heterocycles. The minimum atomic E-state index is -0.897. The van der Waals surface area contributed by atoms with Crippen LogP contribution < -0.4 is 10.6 Å². The number of para-hydroxylation sites is 1. The fourth-order valence-corrected chi connectivity index (χ4v) is 4.51. The molecule has 0 bridgehead atoms. The highest BCUT2D eigenvalue weighted by atomic mass is 35.5. The van der Waals surface area contributed by atoms with E-state index in [9.17, 15) is 14.4 Å². The number of hydrogen-bond donors (Lipinski definition) is 2. The topological polar surface area (TPSA) is 85.0 Å². The zero-order valence-electron chi connectivity index (χ0n) is 19.3. The highest BCUT2D eigenvalue weighted by molar-refractivity contribution is 6.33. The number of amides is 4. The fraction of sp³-hybridized carbons (Fsp3) is 0.400. The molecule has 180 valence electrons. The van der Waals surface area contributed by atoms with E-state index in [-0.39, 0.29) is 31.1 Å². The molecule has 0 aromatic heterocycles. The summed E-state index contributed by atoms with van der Waals surface area (Å²) in [6.45, 7) is 4.99. The van der Waals surface area contributed by atoms with Crippen LogP contribution in [-0.2, 0) is 16.0 Å². The number of carbonyl (C=O) groups is 3. The summed E-state index contributed by atoms with van der Waals surface area (Å²) in [7, 11) is 0. The summed E-state index contributed by atoms with van der Waals surface area (Å²) >= 11 is 6.11. The Morgan fingerprint density at radius 1 is 1.00 bits per heavy atom. The van der Waals surface area contributed by atoms with Crippen LogP contribution in [0, 0.1) is 0 Å². The van der Waals surface area contributed by atoms with Gasteiger partial charge in [0.1, 0.15) is 5.54 Å². The Morgan fingerprint density at radius 3 is 2.35 bits per heavy atom. The first-order chi connectivity index (χ1) is 16.3. The van der Waals surface area contributed by atoms with Gasteiger partial charge in [0.25, 0.3) is 5.91 Å². The van der Waals surface area contributed by atoms with Gasteiger partial charge in [-0.2, -0.15) is 0 Å². The summed E-state index contributed by atoms with van der Waals surface area (Å²) in [5, 5.41) is 6.23. The maximum atomic E-state index is 13.1. The Bertz CT molecular complexity index is 1040. The second-order valence-electron chi connectivity index (χ2n) is 9.04. The Balaban J connectivity index is 1.24. The Labute approximate surface area is 204 Å². The summed E-state index contributed by atoms with van der Waals surface area (Å²) in [4.78, 5) is 43.5. The summed E-state index contributed by atoms with van der Waals surface area (Å²) in [6.07, 6.45) is 1.26. The fourth-order valence-electron chi connectivity index (χ4n) is 4.33. The number of nitrogens with zero attached hydrogens (tertiary/aromatic N) is 3. The van der Waals surface area contributed by atoms with Crippen LogP contribution in [0.1, 0.15) is 18.9 Å².